The molecule has 1 saturated heterocycles. The van der Waals surface area contributed by atoms with Crippen LogP contribution in [0.3, 0.4) is 0 Å². The number of carbonyl (C=O) groups is 1. The van der Waals surface area contributed by atoms with Gasteiger partial charge in [-0.2, -0.15) is 0 Å². The number of piperidine rings is 1. The molecule has 1 amide bonds. The molecule has 0 atom stereocenters. The van der Waals surface area contributed by atoms with Crippen LogP contribution in [-0.4, -0.2) is 35.2 Å². The fraction of sp³-hybridized carbons (Fsp3) is 0.526. The van der Waals surface area contributed by atoms with E-state index >= 15 is 0 Å². The highest BCUT2D eigenvalue weighted by molar-refractivity contribution is 5.76. The second-order valence-corrected chi connectivity index (χ2v) is 6.77. The topological polar surface area (TPSA) is 71.3 Å². The predicted molar refractivity (Wildman–Crippen MR) is 96.6 cm³/mol. The zero-order valence-electron chi connectivity index (χ0n) is 15.2. The van der Waals surface area contributed by atoms with E-state index in [1.807, 2.05) is 32.9 Å². The predicted octanol–water partition coefficient (Wildman–Crippen LogP) is 2.71. The molecule has 0 unspecified atom stereocenters. The van der Waals surface area contributed by atoms with Crippen molar-refractivity contribution in [2.45, 2.75) is 52.5 Å². The molecule has 0 bridgehead atoms. The molecule has 0 saturated carbocycles. The Kier molecular flexibility index (Phi) is 5.36. The largest absolute Gasteiger partial charge is 0.361 e. The van der Waals surface area contributed by atoms with Crippen LogP contribution in [0.4, 0.5) is 5.82 Å². The molecule has 1 aliphatic rings. The summed E-state index contributed by atoms with van der Waals surface area (Å²) < 4.78 is 5.15. The van der Waals surface area contributed by atoms with E-state index in [9.17, 15) is 4.79 Å². The van der Waals surface area contributed by atoms with Gasteiger partial charge in [0, 0.05) is 36.8 Å². The molecule has 0 aliphatic carbocycles. The lowest BCUT2D eigenvalue weighted by molar-refractivity contribution is -0.121. The van der Waals surface area contributed by atoms with Gasteiger partial charge >= 0.3 is 0 Å². The molecule has 2 aromatic heterocycles. The van der Waals surface area contributed by atoms with E-state index in [0.717, 1.165) is 54.5 Å². The number of hydrogen-bond donors (Lipinski definition) is 1. The average Bonchev–Trinajstić information content (AvgIpc) is 2.92. The first-order valence-corrected chi connectivity index (χ1v) is 8.92. The minimum atomic E-state index is 0.104. The van der Waals surface area contributed by atoms with Crippen molar-refractivity contribution in [3.8, 4) is 0 Å². The number of pyridine rings is 1. The summed E-state index contributed by atoms with van der Waals surface area (Å²) >= 11 is 0. The Bertz CT molecular complexity index is 713. The summed E-state index contributed by atoms with van der Waals surface area (Å²) in [5.41, 5.74) is 2.96. The lowest BCUT2D eigenvalue weighted by atomic mass is 10.0. The molecule has 6 nitrogen and oxygen atoms in total. The van der Waals surface area contributed by atoms with Crippen molar-refractivity contribution < 1.29 is 9.32 Å². The molecule has 134 valence electrons. The molecule has 0 spiro atoms. The Hall–Kier alpha value is -2.37. The molecule has 0 aromatic carbocycles. The number of rotatable bonds is 5. The van der Waals surface area contributed by atoms with Crippen molar-refractivity contribution in [1.29, 1.82) is 0 Å². The van der Waals surface area contributed by atoms with E-state index in [2.05, 4.69) is 26.4 Å². The molecule has 6 heteroatoms. The van der Waals surface area contributed by atoms with Crippen molar-refractivity contribution in [3.63, 3.8) is 0 Å². The Morgan fingerprint density at radius 1 is 1.28 bits per heavy atom. The maximum Gasteiger partial charge on any atom is 0.220 e. The van der Waals surface area contributed by atoms with Crippen LogP contribution < -0.4 is 10.2 Å². The quantitative estimate of drug-likeness (QED) is 0.904. The van der Waals surface area contributed by atoms with Gasteiger partial charge in [0.05, 0.1) is 5.69 Å². The highest BCUT2D eigenvalue weighted by Crippen LogP contribution is 2.19. The first-order valence-electron chi connectivity index (χ1n) is 8.92. The Morgan fingerprint density at radius 2 is 2.04 bits per heavy atom. The van der Waals surface area contributed by atoms with E-state index in [1.54, 1.807) is 0 Å². The number of hydrogen-bond acceptors (Lipinski definition) is 5. The summed E-state index contributed by atoms with van der Waals surface area (Å²) in [6.45, 7) is 7.66. The number of aromatic nitrogens is 2. The van der Waals surface area contributed by atoms with Crippen molar-refractivity contribution in [2.24, 2.45) is 0 Å². The number of aryl methyl sites for hydroxylation is 3. The normalized spacial score (nSPS) is 15.4. The number of carbonyl (C=O) groups excluding carboxylic acids is 1. The van der Waals surface area contributed by atoms with Gasteiger partial charge in [-0.05, 0) is 52.2 Å². The summed E-state index contributed by atoms with van der Waals surface area (Å²) in [5, 5.41) is 7.10. The first-order chi connectivity index (χ1) is 12.0. The van der Waals surface area contributed by atoms with E-state index < -0.39 is 0 Å². The first kappa shape index (κ1) is 17.5. The monoisotopic (exact) mass is 342 g/mol. The van der Waals surface area contributed by atoms with Gasteiger partial charge in [-0.1, -0.05) is 11.2 Å². The second kappa shape index (κ2) is 7.68. The molecular weight excluding hydrogens is 316 g/mol. The van der Waals surface area contributed by atoms with Crippen LogP contribution in [0.1, 0.15) is 42.0 Å². The molecular formula is C19H26N4O2. The van der Waals surface area contributed by atoms with Crippen LogP contribution >= 0.6 is 0 Å². The van der Waals surface area contributed by atoms with Gasteiger partial charge < -0.3 is 14.7 Å². The molecule has 0 radical (unpaired) electrons. The summed E-state index contributed by atoms with van der Waals surface area (Å²) in [4.78, 5) is 19.1. The van der Waals surface area contributed by atoms with Crippen molar-refractivity contribution in [1.82, 2.24) is 15.5 Å². The minimum Gasteiger partial charge on any atom is -0.361 e. The van der Waals surface area contributed by atoms with E-state index in [4.69, 9.17) is 4.52 Å². The zero-order chi connectivity index (χ0) is 17.8. The summed E-state index contributed by atoms with van der Waals surface area (Å²) in [6, 6.07) is 6.35. The maximum absolute atomic E-state index is 12.2. The van der Waals surface area contributed by atoms with E-state index in [1.165, 1.54) is 0 Å². The Labute approximate surface area is 148 Å². The van der Waals surface area contributed by atoms with Gasteiger partial charge in [0.2, 0.25) is 5.91 Å². The summed E-state index contributed by atoms with van der Waals surface area (Å²) in [6.07, 6.45) is 3.06. The number of nitrogens with zero attached hydrogens (tertiary/aromatic N) is 3. The van der Waals surface area contributed by atoms with Gasteiger partial charge in [0.1, 0.15) is 11.6 Å². The molecule has 3 rings (SSSR count). The van der Waals surface area contributed by atoms with Crippen LogP contribution in [-0.2, 0) is 11.2 Å². The summed E-state index contributed by atoms with van der Waals surface area (Å²) in [7, 11) is 0. The number of amides is 1. The second-order valence-electron chi connectivity index (χ2n) is 6.77. The average molecular weight is 342 g/mol. The third-order valence-electron chi connectivity index (χ3n) is 4.84. The van der Waals surface area contributed by atoms with E-state index in [-0.39, 0.29) is 11.9 Å². The van der Waals surface area contributed by atoms with Crippen molar-refractivity contribution >= 4 is 11.7 Å². The lowest BCUT2D eigenvalue weighted by Crippen LogP contribution is -2.45. The molecule has 25 heavy (non-hydrogen) atoms. The molecule has 2 aromatic rings. The molecule has 1 aliphatic heterocycles. The minimum absolute atomic E-state index is 0.104. The Morgan fingerprint density at radius 3 is 2.68 bits per heavy atom. The molecule has 1 fully saturated rings. The van der Waals surface area contributed by atoms with Gasteiger partial charge in [0.15, 0.2) is 0 Å². The fourth-order valence-corrected chi connectivity index (χ4v) is 3.35. The highest BCUT2D eigenvalue weighted by Gasteiger charge is 2.21. The van der Waals surface area contributed by atoms with Gasteiger partial charge in [0.25, 0.3) is 0 Å². The Balaban J connectivity index is 1.45. The smallest absolute Gasteiger partial charge is 0.220 e. The lowest BCUT2D eigenvalue weighted by Gasteiger charge is -2.33. The molecule has 1 N–H and O–H groups in total. The van der Waals surface area contributed by atoms with Crippen LogP contribution in [0, 0.1) is 20.8 Å². The zero-order valence-corrected chi connectivity index (χ0v) is 15.2. The standard InChI is InChI=1S/C19H26N4O2/c1-13-5-4-6-18(20-13)23-11-9-16(10-12-23)21-19(24)8-7-17-14(2)22-25-15(17)3/h4-6,16H,7-12H2,1-3H3,(H,21,24). The maximum atomic E-state index is 12.2. The van der Waals surface area contributed by atoms with Crippen LogP contribution in [0.2, 0.25) is 0 Å². The number of anilines is 1. The van der Waals surface area contributed by atoms with Gasteiger partial charge in [-0.25, -0.2) is 4.98 Å². The fourth-order valence-electron chi connectivity index (χ4n) is 3.35. The third-order valence-corrected chi connectivity index (χ3v) is 4.84. The summed E-state index contributed by atoms with van der Waals surface area (Å²) in [5.74, 6) is 1.94. The van der Waals surface area contributed by atoms with E-state index in [0.29, 0.717) is 12.8 Å². The van der Waals surface area contributed by atoms with Crippen LogP contribution in [0.15, 0.2) is 22.7 Å². The van der Waals surface area contributed by atoms with Crippen LogP contribution in [0.5, 0.6) is 0 Å². The molecule has 3 heterocycles. The van der Waals surface area contributed by atoms with Crippen molar-refractivity contribution in [3.05, 3.63) is 40.9 Å². The highest BCUT2D eigenvalue weighted by atomic mass is 16.5. The van der Waals surface area contributed by atoms with Crippen LogP contribution in [0.25, 0.3) is 0 Å². The SMILES string of the molecule is Cc1cccc(N2CCC(NC(=O)CCc3c(C)noc3C)CC2)n1. The van der Waals surface area contributed by atoms with Crippen molar-refractivity contribution in [2.75, 3.05) is 18.0 Å². The third kappa shape index (κ3) is 4.38. The van der Waals surface area contributed by atoms with Gasteiger partial charge in [-0.3, -0.25) is 4.79 Å². The van der Waals surface area contributed by atoms with Gasteiger partial charge in [-0.15, -0.1) is 0 Å². The number of nitrogens with one attached hydrogen (secondary N) is 1.